The topological polar surface area (TPSA) is 80.7 Å². The lowest BCUT2D eigenvalue weighted by molar-refractivity contribution is -0.259. The van der Waals surface area contributed by atoms with Crippen LogP contribution in [0.5, 0.6) is 0 Å². The van der Waals surface area contributed by atoms with Crippen molar-refractivity contribution in [2.24, 2.45) is 0 Å². The standard InChI is InChI=1S/C21H37F5O5S/c1-2-3-4-5-6-7-8-9-10-11-12-13-14-15-16-17-18(27)31-19(20(22,23)24)21(25,26)32(28,29)30/h19H,2-17H2,1H3,(H,28,29,30). The number of rotatable bonds is 19. The van der Waals surface area contributed by atoms with Crippen LogP contribution in [0.4, 0.5) is 22.0 Å². The van der Waals surface area contributed by atoms with Crippen LogP contribution in [-0.4, -0.2) is 36.5 Å². The number of hydrogen-bond acceptors (Lipinski definition) is 4. The first-order valence-electron chi connectivity index (χ1n) is 11.4. The summed E-state index contributed by atoms with van der Waals surface area (Å²) >= 11 is 0. The second kappa shape index (κ2) is 15.8. The fourth-order valence-corrected chi connectivity index (χ4v) is 3.74. The lowest BCUT2D eigenvalue weighted by Crippen LogP contribution is -2.52. The molecule has 0 heterocycles. The van der Waals surface area contributed by atoms with E-state index in [1.54, 1.807) is 0 Å². The number of alkyl halides is 5. The Morgan fingerprint density at radius 2 is 1.09 bits per heavy atom. The van der Waals surface area contributed by atoms with Crippen LogP contribution in [0.15, 0.2) is 0 Å². The van der Waals surface area contributed by atoms with E-state index in [-0.39, 0.29) is 6.42 Å². The van der Waals surface area contributed by atoms with Crippen LogP contribution in [0, 0.1) is 0 Å². The van der Waals surface area contributed by atoms with E-state index in [1.807, 2.05) is 0 Å². The number of carbonyl (C=O) groups is 1. The SMILES string of the molecule is CCCCCCCCCCCCCCCCCC(=O)OC(C(F)(F)F)C(F)(F)S(=O)(=O)O. The highest BCUT2D eigenvalue weighted by atomic mass is 32.2. The molecule has 0 saturated heterocycles. The van der Waals surface area contributed by atoms with Gasteiger partial charge in [-0.05, 0) is 6.42 Å². The van der Waals surface area contributed by atoms with Crippen molar-refractivity contribution in [3.8, 4) is 0 Å². The van der Waals surface area contributed by atoms with Gasteiger partial charge in [0, 0.05) is 6.42 Å². The van der Waals surface area contributed by atoms with E-state index in [4.69, 9.17) is 4.55 Å². The quantitative estimate of drug-likeness (QED) is 0.0885. The number of carbonyl (C=O) groups excluding carboxylic acids is 1. The van der Waals surface area contributed by atoms with Gasteiger partial charge in [0.05, 0.1) is 0 Å². The molecule has 32 heavy (non-hydrogen) atoms. The lowest BCUT2D eigenvalue weighted by Gasteiger charge is -2.26. The first-order chi connectivity index (χ1) is 14.8. The maximum absolute atomic E-state index is 13.3. The van der Waals surface area contributed by atoms with Gasteiger partial charge >= 0.3 is 27.5 Å². The molecule has 0 saturated carbocycles. The summed E-state index contributed by atoms with van der Waals surface area (Å²) in [5, 5.41) is -5.68. The molecule has 0 aliphatic rings. The van der Waals surface area contributed by atoms with Crippen molar-refractivity contribution in [1.82, 2.24) is 0 Å². The summed E-state index contributed by atoms with van der Waals surface area (Å²) < 4.78 is 97.9. The van der Waals surface area contributed by atoms with Crippen molar-refractivity contribution < 1.29 is 44.5 Å². The number of halogens is 5. The number of ether oxygens (including phenoxy) is 1. The van der Waals surface area contributed by atoms with Gasteiger partial charge in [0.25, 0.3) is 6.10 Å². The predicted molar refractivity (Wildman–Crippen MR) is 112 cm³/mol. The molecule has 0 spiro atoms. The molecule has 1 atom stereocenters. The predicted octanol–water partition coefficient (Wildman–Crippen LogP) is 7.20. The van der Waals surface area contributed by atoms with Crippen molar-refractivity contribution in [1.29, 1.82) is 0 Å². The molecule has 1 unspecified atom stereocenters. The summed E-state index contributed by atoms with van der Waals surface area (Å²) in [6.07, 6.45) is 5.07. The summed E-state index contributed by atoms with van der Waals surface area (Å²) in [7, 11) is -6.41. The van der Waals surface area contributed by atoms with E-state index in [1.165, 1.54) is 51.4 Å². The Morgan fingerprint density at radius 1 is 0.750 bits per heavy atom. The minimum absolute atomic E-state index is 0.138. The van der Waals surface area contributed by atoms with Crippen LogP contribution in [0.2, 0.25) is 0 Å². The second-order valence-corrected chi connectivity index (χ2v) is 9.64. The van der Waals surface area contributed by atoms with Crippen molar-refractivity contribution in [3.05, 3.63) is 0 Å². The average molecular weight is 497 g/mol. The first-order valence-corrected chi connectivity index (χ1v) is 12.9. The van der Waals surface area contributed by atoms with E-state index in [2.05, 4.69) is 11.7 Å². The van der Waals surface area contributed by atoms with Gasteiger partial charge < -0.3 is 4.74 Å². The van der Waals surface area contributed by atoms with Crippen LogP contribution >= 0.6 is 0 Å². The van der Waals surface area contributed by atoms with Crippen LogP contribution in [-0.2, 0) is 19.6 Å². The largest absolute Gasteiger partial charge is 0.445 e. The number of esters is 1. The Morgan fingerprint density at radius 3 is 1.41 bits per heavy atom. The zero-order chi connectivity index (χ0) is 24.7. The molecule has 0 aliphatic carbocycles. The van der Waals surface area contributed by atoms with Crippen LogP contribution in [0.3, 0.4) is 0 Å². The van der Waals surface area contributed by atoms with E-state index < -0.39 is 40.0 Å². The molecule has 0 aromatic rings. The summed E-state index contributed by atoms with van der Waals surface area (Å²) in [5.74, 6) is -1.59. The maximum Gasteiger partial charge on any atom is 0.432 e. The van der Waals surface area contributed by atoms with Gasteiger partial charge in [0.1, 0.15) is 0 Å². The minimum atomic E-state index is -6.41. The number of unbranched alkanes of at least 4 members (excludes halogenated alkanes) is 14. The van der Waals surface area contributed by atoms with Crippen molar-refractivity contribution in [2.45, 2.75) is 127 Å². The maximum atomic E-state index is 13.3. The molecule has 0 aromatic carbocycles. The molecule has 192 valence electrons. The molecule has 0 aliphatic heterocycles. The fourth-order valence-electron chi connectivity index (χ4n) is 3.29. The van der Waals surface area contributed by atoms with Gasteiger partial charge in [-0.15, -0.1) is 0 Å². The van der Waals surface area contributed by atoms with Gasteiger partial charge in [-0.1, -0.05) is 96.8 Å². The molecule has 0 fully saturated rings. The van der Waals surface area contributed by atoms with Crippen molar-refractivity contribution >= 4 is 16.1 Å². The van der Waals surface area contributed by atoms with E-state index in [0.29, 0.717) is 6.42 Å². The fraction of sp³-hybridized carbons (Fsp3) is 0.952. The van der Waals surface area contributed by atoms with Gasteiger partial charge in [0.15, 0.2) is 0 Å². The van der Waals surface area contributed by atoms with Gasteiger partial charge in [-0.25, -0.2) is 0 Å². The molecule has 0 rings (SSSR count). The normalized spacial score (nSPS) is 13.8. The Bertz CT molecular complexity index is 608. The van der Waals surface area contributed by atoms with E-state index in [0.717, 1.165) is 32.1 Å². The third-order valence-corrected chi connectivity index (χ3v) is 6.08. The first kappa shape index (κ1) is 31.0. The summed E-state index contributed by atoms with van der Waals surface area (Å²) in [6.45, 7) is 2.20. The minimum Gasteiger partial charge on any atom is -0.445 e. The zero-order valence-electron chi connectivity index (χ0n) is 18.8. The zero-order valence-corrected chi connectivity index (χ0v) is 19.6. The van der Waals surface area contributed by atoms with Crippen LogP contribution in [0.1, 0.15) is 110 Å². The average Bonchev–Trinajstić information content (AvgIpc) is 2.67. The monoisotopic (exact) mass is 496 g/mol. The molecule has 0 radical (unpaired) electrons. The van der Waals surface area contributed by atoms with Gasteiger partial charge in [0.2, 0.25) is 0 Å². The smallest absolute Gasteiger partial charge is 0.432 e. The Hall–Kier alpha value is -0.970. The molecule has 0 amide bonds. The summed E-state index contributed by atoms with van der Waals surface area (Å²) in [6, 6.07) is 0. The highest BCUT2D eigenvalue weighted by Crippen LogP contribution is 2.38. The van der Waals surface area contributed by atoms with E-state index >= 15 is 0 Å². The van der Waals surface area contributed by atoms with Crippen molar-refractivity contribution in [2.75, 3.05) is 0 Å². The molecule has 0 bridgehead atoms. The molecule has 0 aromatic heterocycles. The van der Waals surface area contributed by atoms with Crippen LogP contribution in [0.25, 0.3) is 0 Å². The Kier molecular flexibility index (Phi) is 15.3. The third-order valence-electron chi connectivity index (χ3n) is 5.18. The highest BCUT2D eigenvalue weighted by molar-refractivity contribution is 7.86. The summed E-state index contributed by atoms with van der Waals surface area (Å²) in [5.41, 5.74) is 0. The van der Waals surface area contributed by atoms with E-state index in [9.17, 15) is 35.2 Å². The second-order valence-electron chi connectivity index (χ2n) is 8.15. The molecule has 11 heteroatoms. The summed E-state index contributed by atoms with van der Waals surface area (Å²) in [4.78, 5) is 11.5. The van der Waals surface area contributed by atoms with Gasteiger partial charge in [-0.3, -0.25) is 9.35 Å². The molecule has 5 nitrogen and oxygen atoms in total. The van der Waals surface area contributed by atoms with Crippen LogP contribution < -0.4 is 0 Å². The Labute approximate surface area is 188 Å². The van der Waals surface area contributed by atoms with Gasteiger partial charge in [-0.2, -0.15) is 30.4 Å². The molecule has 1 N–H and O–H groups in total. The number of hydrogen-bond donors (Lipinski definition) is 1. The highest BCUT2D eigenvalue weighted by Gasteiger charge is 2.65. The Balaban J connectivity index is 3.89. The molecular weight excluding hydrogens is 459 g/mol. The third kappa shape index (κ3) is 13.5. The molecular formula is C21H37F5O5S. The lowest BCUT2D eigenvalue weighted by atomic mass is 10.0. The van der Waals surface area contributed by atoms with Crippen molar-refractivity contribution in [3.63, 3.8) is 0 Å².